The fraction of sp³-hybridized carbons (Fsp3) is 0.312. The SMILES string of the molecule is CSCCCC(NS(=O)(=O)c1ccc(Br)c2ccccc12)C(=O)O. The van der Waals surface area contributed by atoms with Crippen LogP contribution >= 0.6 is 27.7 Å². The lowest BCUT2D eigenvalue weighted by molar-refractivity contribution is -0.139. The van der Waals surface area contributed by atoms with Crippen molar-refractivity contribution in [1.29, 1.82) is 0 Å². The molecule has 0 aliphatic carbocycles. The van der Waals surface area contributed by atoms with Crippen molar-refractivity contribution in [1.82, 2.24) is 4.72 Å². The number of thioether (sulfide) groups is 1. The van der Waals surface area contributed by atoms with Crippen LogP contribution in [0.2, 0.25) is 0 Å². The fourth-order valence-electron chi connectivity index (χ4n) is 2.38. The van der Waals surface area contributed by atoms with Crippen LogP contribution in [0.4, 0.5) is 0 Å². The van der Waals surface area contributed by atoms with Crippen molar-refractivity contribution in [2.75, 3.05) is 12.0 Å². The second-order valence-electron chi connectivity index (χ2n) is 5.24. The highest BCUT2D eigenvalue weighted by Crippen LogP contribution is 2.29. The number of nitrogens with one attached hydrogen (secondary N) is 1. The molecule has 8 heteroatoms. The molecular weight excluding hydrogens is 414 g/mol. The van der Waals surface area contributed by atoms with E-state index in [0.717, 1.165) is 15.6 Å². The van der Waals surface area contributed by atoms with Gasteiger partial charge in [0.05, 0.1) is 4.90 Å². The van der Waals surface area contributed by atoms with E-state index in [1.807, 2.05) is 18.4 Å². The van der Waals surface area contributed by atoms with Crippen LogP contribution in [0.1, 0.15) is 12.8 Å². The number of sulfonamides is 1. The molecule has 130 valence electrons. The van der Waals surface area contributed by atoms with E-state index in [2.05, 4.69) is 20.7 Å². The first-order valence-electron chi connectivity index (χ1n) is 7.28. The van der Waals surface area contributed by atoms with Crippen LogP contribution in [0.3, 0.4) is 0 Å². The standard InChI is InChI=1S/C16H18BrNO4S2/c1-23-10-4-7-14(16(19)20)18-24(21,22)15-9-8-13(17)11-5-2-3-6-12(11)15/h2-3,5-6,8-9,14,18H,4,7,10H2,1H3,(H,19,20). The molecule has 2 rings (SSSR count). The molecule has 1 atom stereocenters. The van der Waals surface area contributed by atoms with E-state index in [1.54, 1.807) is 30.0 Å². The number of hydrogen-bond acceptors (Lipinski definition) is 4. The summed E-state index contributed by atoms with van der Waals surface area (Å²) in [6, 6.07) is 9.09. The minimum atomic E-state index is -3.94. The second kappa shape index (κ2) is 8.33. The van der Waals surface area contributed by atoms with Gasteiger partial charge in [0.1, 0.15) is 6.04 Å². The van der Waals surface area contributed by atoms with Crippen molar-refractivity contribution in [2.45, 2.75) is 23.8 Å². The molecule has 0 aliphatic rings. The van der Waals surface area contributed by atoms with E-state index in [9.17, 15) is 18.3 Å². The normalized spacial score (nSPS) is 13.1. The topological polar surface area (TPSA) is 83.5 Å². The van der Waals surface area contributed by atoms with Gasteiger partial charge in [0.25, 0.3) is 0 Å². The molecule has 2 aromatic rings. The first-order valence-corrected chi connectivity index (χ1v) is 10.9. The number of aliphatic carboxylic acids is 1. The number of hydrogen-bond donors (Lipinski definition) is 2. The summed E-state index contributed by atoms with van der Waals surface area (Å²) in [7, 11) is -3.94. The Balaban J connectivity index is 2.36. The summed E-state index contributed by atoms with van der Waals surface area (Å²) < 4.78 is 28.5. The largest absolute Gasteiger partial charge is 0.480 e. The summed E-state index contributed by atoms with van der Waals surface area (Å²) in [5.74, 6) is -0.381. The van der Waals surface area contributed by atoms with Gasteiger partial charge in [-0.2, -0.15) is 16.5 Å². The smallest absolute Gasteiger partial charge is 0.321 e. The Labute approximate surface area is 154 Å². The quantitative estimate of drug-likeness (QED) is 0.625. The molecule has 0 radical (unpaired) electrons. The van der Waals surface area contributed by atoms with Gasteiger partial charge in [-0.05, 0) is 42.4 Å². The maximum atomic E-state index is 12.7. The van der Waals surface area contributed by atoms with Gasteiger partial charge in [0.15, 0.2) is 0 Å². The van der Waals surface area contributed by atoms with Gasteiger partial charge in [-0.15, -0.1) is 0 Å². The van der Waals surface area contributed by atoms with Crippen LogP contribution in [-0.4, -0.2) is 37.5 Å². The second-order valence-corrected chi connectivity index (χ2v) is 8.76. The Kier molecular flexibility index (Phi) is 6.68. The Bertz CT molecular complexity index is 839. The monoisotopic (exact) mass is 431 g/mol. The molecule has 0 heterocycles. The number of halogens is 1. The summed E-state index contributed by atoms with van der Waals surface area (Å²) >= 11 is 5.00. The molecule has 0 spiro atoms. The first kappa shape index (κ1) is 19.2. The van der Waals surface area contributed by atoms with Crippen molar-refractivity contribution in [3.05, 3.63) is 40.9 Å². The fourth-order valence-corrected chi connectivity index (χ4v) is 4.75. The van der Waals surface area contributed by atoms with E-state index >= 15 is 0 Å². The number of benzene rings is 2. The summed E-state index contributed by atoms with van der Waals surface area (Å²) in [5, 5.41) is 10.6. The zero-order valence-electron chi connectivity index (χ0n) is 13.0. The third-order valence-electron chi connectivity index (χ3n) is 3.56. The molecule has 0 amide bonds. The maximum Gasteiger partial charge on any atom is 0.321 e. The molecule has 1 unspecified atom stereocenters. The van der Waals surface area contributed by atoms with Gasteiger partial charge < -0.3 is 5.11 Å². The van der Waals surface area contributed by atoms with Gasteiger partial charge in [-0.3, -0.25) is 4.79 Å². The minimum absolute atomic E-state index is 0.0809. The molecule has 0 saturated carbocycles. The molecule has 0 aromatic heterocycles. The van der Waals surface area contributed by atoms with Crippen LogP contribution in [0, 0.1) is 0 Å². The number of carboxylic acid groups (broad SMARTS) is 1. The third-order valence-corrected chi connectivity index (χ3v) is 6.48. The lowest BCUT2D eigenvalue weighted by Crippen LogP contribution is -2.40. The predicted molar refractivity (Wildman–Crippen MR) is 101 cm³/mol. The van der Waals surface area contributed by atoms with Gasteiger partial charge in [-0.25, -0.2) is 8.42 Å². The average molecular weight is 432 g/mol. The predicted octanol–water partition coefficient (Wildman–Crippen LogP) is 3.48. The van der Waals surface area contributed by atoms with E-state index in [0.29, 0.717) is 11.8 Å². The van der Waals surface area contributed by atoms with E-state index in [1.165, 1.54) is 6.07 Å². The highest BCUT2D eigenvalue weighted by molar-refractivity contribution is 9.10. The first-order chi connectivity index (χ1) is 11.4. The molecule has 0 saturated heterocycles. The van der Waals surface area contributed by atoms with Crippen molar-refractivity contribution in [3.63, 3.8) is 0 Å². The van der Waals surface area contributed by atoms with Crippen LogP contribution in [0.5, 0.6) is 0 Å². The summed E-state index contributed by atoms with van der Waals surface area (Å²) in [4.78, 5) is 11.5. The van der Waals surface area contributed by atoms with Crippen molar-refractivity contribution in [3.8, 4) is 0 Å². The highest BCUT2D eigenvalue weighted by atomic mass is 79.9. The lowest BCUT2D eigenvalue weighted by Gasteiger charge is -2.16. The summed E-state index contributed by atoms with van der Waals surface area (Å²) in [5.41, 5.74) is 0. The maximum absolute atomic E-state index is 12.7. The molecule has 0 bridgehead atoms. The molecule has 24 heavy (non-hydrogen) atoms. The molecule has 2 aromatic carbocycles. The Morgan fingerprint density at radius 2 is 1.92 bits per heavy atom. The number of fused-ring (bicyclic) bond motifs is 1. The van der Waals surface area contributed by atoms with Gasteiger partial charge in [-0.1, -0.05) is 40.2 Å². The van der Waals surface area contributed by atoms with E-state index in [-0.39, 0.29) is 11.3 Å². The zero-order valence-corrected chi connectivity index (χ0v) is 16.2. The van der Waals surface area contributed by atoms with Crippen LogP contribution in [0.25, 0.3) is 10.8 Å². The minimum Gasteiger partial charge on any atom is -0.480 e. The highest BCUT2D eigenvalue weighted by Gasteiger charge is 2.26. The Morgan fingerprint density at radius 1 is 1.25 bits per heavy atom. The van der Waals surface area contributed by atoms with Crippen molar-refractivity contribution < 1.29 is 18.3 Å². The van der Waals surface area contributed by atoms with E-state index < -0.39 is 22.0 Å². The van der Waals surface area contributed by atoms with Gasteiger partial charge in [0, 0.05) is 9.86 Å². The van der Waals surface area contributed by atoms with Crippen molar-refractivity contribution in [2.24, 2.45) is 0 Å². The molecular formula is C16H18BrNO4S2. The Morgan fingerprint density at radius 3 is 2.54 bits per heavy atom. The average Bonchev–Trinajstić information content (AvgIpc) is 2.54. The van der Waals surface area contributed by atoms with Gasteiger partial charge >= 0.3 is 5.97 Å². The van der Waals surface area contributed by atoms with E-state index in [4.69, 9.17) is 0 Å². The number of carbonyl (C=O) groups is 1. The zero-order chi connectivity index (χ0) is 17.7. The molecule has 2 N–H and O–H groups in total. The van der Waals surface area contributed by atoms with Crippen molar-refractivity contribution >= 4 is 54.5 Å². The Hall–Kier alpha value is -1.09. The summed E-state index contributed by atoms with van der Waals surface area (Å²) in [6.45, 7) is 0. The number of carboxylic acids is 1. The lowest BCUT2D eigenvalue weighted by atomic mass is 10.1. The van der Waals surface area contributed by atoms with Crippen LogP contribution in [0.15, 0.2) is 45.8 Å². The molecule has 5 nitrogen and oxygen atoms in total. The third kappa shape index (κ3) is 4.50. The number of rotatable bonds is 8. The summed E-state index contributed by atoms with van der Waals surface area (Å²) in [6.07, 6.45) is 2.81. The molecule has 0 fully saturated rings. The van der Waals surface area contributed by atoms with Crippen LogP contribution in [-0.2, 0) is 14.8 Å². The van der Waals surface area contributed by atoms with Crippen LogP contribution < -0.4 is 4.72 Å². The van der Waals surface area contributed by atoms with Gasteiger partial charge in [0.2, 0.25) is 10.0 Å². The molecule has 0 aliphatic heterocycles.